The average molecular weight is 272 g/mol. The van der Waals surface area contributed by atoms with Crippen molar-refractivity contribution in [3.05, 3.63) is 41.5 Å². The first-order chi connectivity index (χ1) is 9.54. The molecule has 1 aromatic carbocycles. The van der Waals surface area contributed by atoms with Gasteiger partial charge in [0.25, 0.3) is 0 Å². The molecule has 1 saturated heterocycles. The molecule has 0 spiro atoms. The number of nitrogens with one attached hydrogen (secondary N) is 1. The van der Waals surface area contributed by atoms with Crippen LogP contribution in [0.15, 0.2) is 30.4 Å². The molecule has 20 heavy (non-hydrogen) atoms. The van der Waals surface area contributed by atoms with Crippen LogP contribution in [0, 0.1) is 13.8 Å². The minimum absolute atomic E-state index is 0.0851. The molecule has 0 radical (unpaired) electrons. The number of amides is 2. The van der Waals surface area contributed by atoms with Crippen molar-refractivity contribution in [1.29, 1.82) is 0 Å². The van der Waals surface area contributed by atoms with Gasteiger partial charge < -0.3 is 10.2 Å². The van der Waals surface area contributed by atoms with Crippen LogP contribution in [0.25, 0.3) is 0 Å². The van der Waals surface area contributed by atoms with Gasteiger partial charge in [0.15, 0.2) is 0 Å². The Labute approximate surface area is 119 Å². The summed E-state index contributed by atoms with van der Waals surface area (Å²) in [6.45, 7) is 5.55. The van der Waals surface area contributed by atoms with E-state index in [1.807, 2.05) is 32.0 Å². The molecule has 4 heteroatoms. The highest BCUT2D eigenvalue weighted by Crippen LogP contribution is 2.13. The lowest BCUT2D eigenvalue weighted by atomic mass is 10.1. The van der Waals surface area contributed by atoms with Crippen LogP contribution in [0.4, 0.5) is 5.69 Å². The summed E-state index contributed by atoms with van der Waals surface area (Å²) in [5, 5.41) is 2.77. The smallest absolute Gasteiger partial charge is 0.248 e. The van der Waals surface area contributed by atoms with Gasteiger partial charge in [-0.3, -0.25) is 9.59 Å². The van der Waals surface area contributed by atoms with E-state index in [0.29, 0.717) is 0 Å². The molecule has 1 aromatic rings. The molecule has 0 aromatic heterocycles. The number of nitrogens with zero attached hydrogens (tertiary/aromatic N) is 1. The summed E-state index contributed by atoms with van der Waals surface area (Å²) in [7, 11) is 0. The Balaban J connectivity index is 1.92. The number of anilines is 1. The molecule has 1 N–H and O–H groups in total. The standard InChI is InChI=1S/C16H20N2O2/c1-12-9-13(2)11-14(10-12)17-15(19)5-6-16(20)18-7-3-4-8-18/h5-6,9-11H,3-4,7-8H2,1-2H3,(H,17,19)/b6-5+. The first-order valence-corrected chi connectivity index (χ1v) is 6.91. The van der Waals surface area contributed by atoms with Crippen LogP contribution in [0.2, 0.25) is 0 Å². The Morgan fingerprint density at radius 1 is 1.05 bits per heavy atom. The molecule has 0 saturated carbocycles. The third-order valence-corrected chi connectivity index (χ3v) is 3.28. The maximum Gasteiger partial charge on any atom is 0.248 e. The number of carbonyl (C=O) groups is 2. The van der Waals surface area contributed by atoms with Crippen LogP contribution in [-0.2, 0) is 9.59 Å². The lowest BCUT2D eigenvalue weighted by Crippen LogP contribution is -2.26. The van der Waals surface area contributed by atoms with Crippen molar-refractivity contribution in [2.75, 3.05) is 18.4 Å². The van der Waals surface area contributed by atoms with E-state index in [-0.39, 0.29) is 11.8 Å². The van der Waals surface area contributed by atoms with Crippen LogP contribution in [-0.4, -0.2) is 29.8 Å². The van der Waals surface area contributed by atoms with Gasteiger partial charge in [-0.1, -0.05) is 6.07 Å². The van der Waals surface area contributed by atoms with Gasteiger partial charge in [0.05, 0.1) is 0 Å². The Kier molecular flexibility index (Phi) is 4.56. The Bertz CT molecular complexity index is 523. The number of hydrogen-bond donors (Lipinski definition) is 1. The van der Waals surface area contributed by atoms with Crippen LogP contribution in [0.1, 0.15) is 24.0 Å². The van der Waals surface area contributed by atoms with E-state index < -0.39 is 0 Å². The first-order valence-electron chi connectivity index (χ1n) is 6.91. The summed E-state index contributed by atoms with van der Waals surface area (Å²) in [5.41, 5.74) is 2.95. The lowest BCUT2D eigenvalue weighted by Gasteiger charge is -2.11. The molecule has 0 bridgehead atoms. The predicted octanol–water partition coefficient (Wildman–Crippen LogP) is 2.42. The quantitative estimate of drug-likeness (QED) is 0.859. The van der Waals surface area contributed by atoms with Crippen molar-refractivity contribution in [2.24, 2.45) is 0 Å². The maximum absolute atomic E-state index is 11.8. The number of aryl methyl sites for hydroxylation is 2. The van der Waals surface area contributed by atoms with E-state index in [2.05, 4.69) is 5.32 Å². The fourth-order valence-corrected chi connectivity index (χ4v) is 2.42. The van der Waals surface area contributed by atoms with E-state index in [4.69, 9.17) is 0 Å². The Hall–Kier alpha value is -2.10. The molecule has 1 aliphatic heterocycles. The highest BCUT2D eigenvalue weighted by atomic mass is 16.2. The van der Waals surface area contributed by atoms with Crippen LogP contribution in [0.3, 0.4) is 0 Å². The summed E-state index contributed by atoms with van der Waals surface area (Å²) in [4.78, 5) is 25.3. The molecule has 4 nitrogen and oxygen atoms in total. The summed E-state index contributed by atoms with van der Waals surface area (Å²) in [6, 6.07) is 5.85. The van der Waals surface area contributed by atoms with Crippen molar-refractivity contribution in [2.45, 2.75) is 26.7 Å². The number of hydrogen-bond acceptors (Lipinski definition) is 2. The van der Waals surface area contributed by atoms with Gasteiger partial charge in [0, 0.05) is 30.9 Å². The van der Waals surface area contributed by atoms with Gasteiger partial charge in [-0.25, -0.2) is 0 Å². The predicted molar refractivity (Wildman–Crippen MR) is 79.5 cm³/mol. The van der Waals surface area contributed by atoms with Gasteiger partial charge >= 0.3 is 0 Å². The van der Waals surface area contributed by atoms with Crippen molar-refractivity contribution in [3.63, 3.8) is 0 Å². The molecule has 1 aliphatic rings. The molecule has 2 amide bonds. The van der Waals surface area contributed by atoms with Gasteiger partial charge in [-0.05, 0) is 49.9 Å². The number of likely N-dealkylation sites (tertiary alicyclic amines) is 1. The van der Waals surface area contributed by atoms with Crippen molar-refractivity contribution >= 4 is 17.5 Å². The van der Waals surface area contributed by atoms with E-state index in [0.717, 1.165) is 42.7 Å². The maximum atomic E-state index is 11.8. The van der Waals surface area contributed by atoms with Crippen molar-refractivity contribution in [3.8, 4) is 0 Å². The molecule has 106 valence electrons. The highest BCUT2D eigenvalue weighted by molar-refractivity contribution is 6.03. The van der Waals surface area contributed by atoms with E-state index >= 15 is 0 Å². The fourth-order valence-electron chi connectivity index (χ4n) is 2.42. The third kappa shape index (κ3) is 3.95. The van der Waals surface area contributed by atoms with Gasteiger partial charge in [0.1, 0.15) is 0 Å². The normalized spacial score (nSPS) is 14.8. The van der Waals surface area contributed by atoms with E-state index in [9.17, 15) is 9.59 Å². The Morgan fingerprint density at radius 3 is 2.25 bits per heavy atom. The Morgan fingerprint density at radius 2 is 1.65 bits per heavy atom. The summed E-state index contributed by atoms with van der Waals surface area (Å²) in [5.74, 6) is -0.361. The zero-order valence-corrected chi connectivity index (χ0v) is 12.0. The van der Waals surface area contributed by atoms with Crippen molar-refractivity contribution < 1.29 is 9.59 Å². The molecule has 0 atom stereocenters. The third-order valence-electron chi connectivity index (χ3n) is 3.28. The second kappa shape index (κ2) is 6.37. The second-order valence-electron chi connectivity index (χ2n) is 5.23. The largest absolute Gasteiger partial charge is 0.339 e. The zero-order valence-electron chi connectivity index (χ0n) is 12.0. The minimum Gasteiger partial charge on any atom is -0.339 e. The molecule has 1 heterocycles. The molecular formula is C16H20N2O2. The topological polar surface area (TPSA) is 49.4 Å². The SMILES string of the molecule is Cc1cc(C)cc(NC(=O)/C=C/C(=O)N2CCCC2)c1. The van der Waals surface area contributed by atoms with Gasteiger partial charge in [0.2, 0.25) is 11.8 Å². The molecular weight excluding hydrogens is 252 g/mol. The monoisotopic (exact) mass is 272 g/mol. The summed E-state index contributed by atoms with van der Waals surface area (Å²) in [6.07, 6.45) is 4.75. The molecule has 2 rings (SSSR count). The van der Waals surface area contributed by atoms with Gasteiger partial charge in [-0.15, -0.1) is 0 Å². The number of carbonyl (C=O) groups excluding carboxylic acids is 2. The van der Waals surface area contributed by atoms with E-state index in [1.54, 1.807) is 4.90 Å². The number of benzene rings is 1. The molecule has 0 aliphatic carbocycles. The highest BCUT2D eigenvalue weighted by Gasteiger charge is 2.15. The molecule has 0 unspecified atom stereocenters. The second-order valence-corrected chi connectivity index (χ2v) is 5.23. The van der Waals surface area contributed by atoms with E-state index in [1.165, 1.54) is 12.2 Å². The van der Waals surface area contributed by atoms with Crippen LogP contribution in [0.5, 0.6) is 0 Å². The summed E-state index contributed by atoms with van der Waals surface area (Å²) < 4.78 is 0. The minimum atomic E-state index is -0.275. The van der Waals surface area contributed by atoms with Crippen LogP contribution >= 0.6 is 0 Å². The number of rotatable bonds is 3. The lowest BCUT2D eigenvalue weighted by molar-refractivity contribution is -0.125. The summed E-state index contributed by atoms with van der Waals surface area (Å²) >= 11 is 0. The first kappa shape index (κ1) is 14.3. The molecule has 1 fully saturated rings. The zero-order chi connectivity index (χ0) is 14.5. The van der Waals surface area contributed by atoms with Gasteiger partial charge in [-0.2, -0.15) is 0 Å². The fraction of sp³-hybridized carbons (Fsp3) is 0.375. The average Bonchev–Trinajstić information content (AvgIpc) is 2.88. The van der Waals surface area contributed by atoms with Crippen molar-refractivity contribution in [1.82, 2.24) is 4.90 Å². The van der Waals surface area contributed by atoms with Crippen LogP contribution < -0.4 is 5.32 Å².